The smallest absolute Gasteiger partial charge is 0.399 e. The zero-order chi connectivity index (χ0) is 16.1. The maximum absolute atomic E-state index is 11.6. The minimum absolute atomic E-state index is 0.0184. The molecule has 0 atom stereocenters. The number of nitrogens with zero attached hydrogens (tertiary/aromatic N) is 1. The van der Waals surface area contributed by atoms with Gasteiger partial charge in [0.1, 0.15) is 4.90 Å². The normalized spacial score (nSPS) is 20.8. The Labute approximate surface area is 125 Å². The van der Waals surface area contributed by atoms with Gasteiger partial charge in [0.05, 0.1) is 16.9 Å². The van der Waals surface area contributed by atoms with E-state index < -0.39 is 28.3 Å². The first-order valence-electron chi connectivity index (χ1n) is 6.55. The van der Waals surface area contributed by atoms with E-state index in [9.17, 15) is 8.42 Å². The van der Waals surface area contributed by atoms with Crippen LogP contribution >= 0.6 is 0 Å². The molecule has 1 fully saturated rings. The van der Waals surface area contributed by atoms with E-state index in [1.54, 1.807) is 0 Å². The minimum Gasteiger partial charge on any atom is -0.399 e. The van der Waals surface area contributed by atoms with Crippen molar-refractivity contribution in [3.8, 4) is 0 Å². The van der Waals surface area contributed by atoms with Gasteiger partial charge in [0.15, 0.2) is 0 Å². The lowest BCUT2D eigenvalue weighted by molar-refractivity contribution is 0.00578. The number of hydrogen-bond acceptors (Lipinski definition) is 6. The molecule has 1 aliphatic heterocycles. The molecule has 0 aliphatic carbocycles. The van der Waals surface area contributed by atoms with Crippen LogP contribution in [0.25, 0.3) is 0 Å². The molecule has 0 bridgehead atoms. The lowest BCUT2D eigenvalue weighted by Gasteiger charge is -2.32. The number of aromatic nitrogens is 1. The Kier molecular flexibility index (Phi) is 3.92. The fourth-order valence-electron chi connectivity index (χ4n) is 2.00. The SMILES string of the molecule is CC1(C)OB(c2cnc(CN)c(S(N)(=O)=O)c2)OC1(C)C. The quantitative estimate of drug-likeness (QED) is 0.726. The van der Waals surface area contributed by atoms with Crippen molar-refractivity contribution < 1.29 is 17.7 Å². The maximum atomic E-state index is 11.6. The fraction of sp³-hybridized carbons (Fsp3) is 0.583. The summed E-state index contributed by atoms with van der Waals surface area (Å²) < 4.78 is 35.0. The standard InChI is InChI=1S/C12H20BN3O4S/c1-11(2)12(3,4)20-13(19-11)8-5-10(21(15,17)18)9(6-14)16-7-8/h5,7H,6,14H2,1-4H3,(H2,15,17,18). The summed E-state index contributed by atoms with van der Waals surface area (Å²) in [6, 6.07) is 1.41. The van der Waals surface area contributed by atoms with Gasteiger partial charge in [-0.25, -0.2) is 13.6 Å². The number of primary sulfonamides is 1. The second kappa shape index (κ2) is 5.03. The van der Waals surface area contributed by atoms with Crippen LogP contribution in [0.4, 0.5) is 0 Å². The van der Waals surface area contributed by atoms with Crippen LogP contribution in [0.5, 0.6) is 0 Å². The van der Waals surface area contributed by atoms with Gasteiger partial charge in [0.25, 0.3) is 0 Å². The Bertz CT molecular complexity index is 644. The highest BCUT2D eigenvalue weighted by molar-refractivity contribution is 7.89. The fourth-order valence-corrected chi connectivity index (χ4v) is 2.76. The summed E-state index contributed by atoms with van der Waals surface area (Å²) in [6.07, 6.45) is 1.50. The molecular weight excluding hydrogens is 293 g/mol. The molecule has 0 aromatic carbocycles. The van der Waals surface area contributed by atoms with Crippen LogP contribution in [0.1, 0.15) is 33.4 Å². The monoisotopic (exact) mass is 313 g/mol. The summed E-state index contributed by atoms with van der Waals surface area (Å²) in [5.74, 6) is 0. The highest BCUT2D eigenvalue weighted by Crippen LogP contribution is 2.36. The Morgan fingerprint density at radius 3 is 2.19 bits per heavy atom. The van der Waals surface area contributed by atoms with Gasteiger partial charge in [0.2, 0.25) is 10.0 Å². The Hall–Kier alpha value is -0.995. The van der Waals surface area contributed by atoms with Gasteiger partial charge >= 0.3 is 7.12 Å². The van der Waals surface area contributed by atoms with E-state index >= 15 is 0 Å². The molecule has 0 saturated carbocycles. The molecule has 116 valence electrons. The highest BCUT2D eigenvalue weighted by atomic mass is 32.2. The van der Waals surface area contributed by atoms with Gasteiger partial charge in [-0.2, -0.15) is 0 Å². The summed E-state index contributed by atoms with van der Waals surface area (Å²) in [7, 11) is -4.61. The van der Waals surface area contributed by atoms with Crippen LogP contribution in [-0.4, -0.2) is 31.7 Å². The van der Waals surface area contributed by atoms with E-state index in [4.69, 9.17) is 20.2 Å². The van der Waals surface area contributed by atoms with Crippen molar-refractivity contribution in [3.05, 3.63) is 18.0 Å². The van der Waals surface area contributed by atoms with Gasteiger partial charge in [0, 0.05) is 18.2 Å². The van der Waals surface area contributed by atoms with Gasteiger partial charge in [-0.05, 0) is 33.8 Å². The van der Waals surface area contributed by atoms with Crippen molar-refractivity contribution in [2.45, 2.75) is 50.3 Å². The second-order valence-electron chi connectivity index (χ2n) is 6.05. The second-order valence-corrected chi connectivity index (χ2v) is 7.58. The zero-order valence-electron chi connectivity index (χ0n) is 12.6. The molecule has 21 heavy (non-hydrogen) atoms. The van der Waals surface area contributed by atoms with Crippen molar-refractivity contribution >= 4 is 22.6 Å². The van der Waals surface area contributed by atoms with Crippen LogP contribution < -0.4 is 16.3 Å². The predicted octanol–water partition coefficient (Wildman–Crippen LogP) is -0.513. The topological polar surface area (TPSA) is 118 Å². The molecular formula is C12H20BN3O4S. The number of hydrogen-bond donors (Lipinski definition) is 2. The predicted molar refractivity (Wildman–Crippen MR) is 79.2 cm³/mol. The third-order valence-electron chi connectivity index (χ3n) is 3.98. The average Bonchev–Trinajstić information content (AvgIpc) is 2.56. The molecule has 1 aromatic heterocycles. The Morgan fingerprint density at radius 1 is 1.24 bits per heavy atom. The Morgan fingerprint density at radius 2 is 1.76 bits per heavy atom. The molecule has 0 amide bonds. The molecule has 0 unspecified atom stereocenters. The van der Waals surface area contributed by atoms with E-state index in [1.165, 1.54) is 12.3 Å². The van der Waals surface area contributed by atoms with Crippen molar-refractivity contribution in [2.75, 3.05) is 0 Å². The first kappa shape index (κ1) is 16.4. The maximum Gasteiger partial charge on any atom is 0.496 e. The number of sulfonamides is 1. The van der Waals surface area contributed by atoms with Gasteiger partial charge < -0.3 is 15.0 Å². The average molecular weight is 313 g/mol. The molecule has 0 spiro atoms. The molecule has 4 N–H and O–H groups in total. The van der Waals surface area contributed by atoms with Crippen molar-refractivity contribution in [3.63, 3.8) is 0 Å². The first-order chi connectivity index (χ1) is 9.48. The molecule has 1 aromatic rings. The van der Waals surface area contributed by atoms with E-state index in [0.29, 0.717) is 5.46 Å². The number of rotatable bonds is 3. The van der Waals surface area contributed by atoms with Crippen molar-refractivity contribution in [1.82, 2.24) is 4.98 Å². The third-order valence-corrected chi connectivity index (χ3v) is 4.94. The van der Waals surface area contributed by atoms with Gasteiger partial charge in [-0.3, -0.25) is 4.98 Å². The lowest BCUT2D eigenvalue weighted by Crippen LogP contribution is -2.41. The molecule has 0 radical (unpaired) electrons. The van der Waals surface area contributed by atoms with Crippen LogP contribution in [-0.2, 0) is 25.9 Å². The lowest BCUT2D eigenvalue weighted by atomic mass is 9.80. The van der Waals surface area contributed by atoms with E-state index in [0.717, 1.165) is 0 Å². The molecule has 2 heterocycles. The van der Waals surface area contributed by atoms with Crippen LogP contribution in [0.3, 0.4) is 0 Å². The molecule has 9 heteroatoms. The van der Waals surface area contributed by atoms with Crippen molar-refractivity contribution in [1.29, 1.82) is 0 Å². The van der Waals surface area contributed by atoms with Crippen LogP contribution in [0.2, 0.25) is 0 Å². The number of nitrogens with two attached hydrogens (primary N) is 2. The highest BCUT2D eigenvalue weighted by Gasteiger charge is 2.52. The van der Waals surface area contributed by atoms with Gasteiger partial charge in [-0.1, -0.05) is 0 Å². The molecule has 1 saturated heterocycles. The van der Waals surface area contributed by atoms with E-state index in [1.807, 2.05) is 27.7 Å². The Balaban J connectivity index is 2.44. The van der Waals surface area contributed by atoms with Crippen LogP contribution in [0.15, 0.2) is 17.2 Å². The largest absolute Gasteiger partial charge is 0.496 e. The summed E-state index contributed by atoms with van der Waals surface area (Å²) >= 11 is 0. The summed E-state index contributed by atoms with van der Waals surface area (Å²) in [5.41, 5.74) is 5.16. The minimum atomic E-state index is -3.91. The summed E-state index contributed by atoms with van der Waals surface area (Å²) in [4.78, 5) is 3.96. The van der Waals surface area contributed by atoms with E-state index in [-0.39, 0.29) is 17.1 Å². The molecule has 2 rings (SSSR count). The zero-order valence-corrected chi connectivity index (χ0v) is 13.4. The van der Waals surface area contributed by atoms with Crippen LogP contribution in [0, 0.1) is 0 Å². The molecule has 1 aliphatic rings. The third kappa shape index (κ3) is 2.97. The van der Waals surface area contributed by atoms with Gasteiger partial charge in [-0.15, -0.1) is 0 Å². The molecule has 7 nitrogen and oxygen atoms in total. The summed E-state index contributed by atoms with van der Waals surface area (Å²) in [6.45, 7) is 7.63. The van der Waals surface area contributed by atoms with Crippen molar-refractivity contribution in [2.24, 2.45) is 10.9 Å². The number of pyridine rings is 1. The summed E-state index contributed by atoms with van der Waals surface area (Å²) in [5, 5.41) is 5.20. The first-order valence-corrected chi connectivity index (χ1v) is 8.10. The van der Waals surface area contributed by atoms with E-state index in [2.05, 4.69) is 4.98 Å².